The van der Waals surface area contributed by atoms with E-state index < -0.39 is 0 Å². The molecule has 0 atom stereocenters. The highest BCUT2D eigenvalue weighted by Gasteiger charge is 2.23. The SMILES string of the molecule is C=CC1CCC(c2ccc3cc(C#Cc4ccc(CCCCCC)cc4)ccc3c2F)CC1. The van der Waals surface area contributed by atoms with Gasteiger partial charge in [0, 0.05) is 16.5 Å². The molecule has 0 aromatic heterocycles. The van der Waals surface area contributed by atoms with Gasteiger partial charge in [-0.3, -0.25) is 0 Å². The first-order valence-corrected chi connectivity index (χ1v) is 12.6. The van der Waals surface area contributed by atoms with Crippen LogP contribution < -0.4 is 0 Å². The molecule has 1 aliphatic carbocycles. The van der Waals surface area contributed by atoms with Gasteiger partial charge >= 0.3 is 0 Å². The predicted molar refractivity (Wildman–Crippen MR) is 139 cm³/mol. The highest BCUT2D eigenvalue weighted by atomic mass is 19.1. The van der Waals surface area contributed by atoms with Crippen molar-refractivity contribution in [3.05, 3.63) is 95.3 Å². The molecule has 1 aliphatic rings. The Kier molecular flexibility index (Phi) is 8.01. The zero-order valence-corrected chi connectivity index (χ0v) is 19.9. The summed E-state index contributed by atoms with van der Waals surface area (Å²) >= 11 is 0. The fourth-order valence-corrected chi connectivity index (χ4v) is 5.02. The average Bonchev–Trinajstić information content (AvgIpc) is 2.86. The van der Waals surface area contributed by atoms with Gasteiger partial charge in [-0.05, 0) is 91.1 Å². The lowest BCUT2D eigenvalue weighted by atomic mass is 9.78. The van der Waals surface area contributed by atoms with Crippen LogP contribution >= 0.6 is 0 Å². The summed E-state index contributed by atoms with van der Waals surface area (Å²) < 4.78 is 15.3. The van der Waals surface area contributed by atoms with Crippen molar-refractivity contribution in [1.82, 2.24) is 0 Å². The molecule has 0 aliphatic heterocycles. The van der Waals surface area contributed by atoms with Crippen LogP contribution in [0.15, 0.2) is 67.3 Å². The van der Waals surface area contributed by atoms with Crippen molar-refractivity contribution in [2.75, 3.05) is 0 Å². The second kappa shape index (κ2) is 11.3. The Hall–Kier alpha value is -2.85. The molecule has 4 rings (SSSR count). The quantitative estimate of drug-likeness (QED) is 0.196. The number of aryl methyl sites for hydroxylation is 1. The monoisotopic (exact) mass is 438 g/mol. The topological polar surface area (TPSA) is 0 Å². The Labute approximate surface area is 198 Å². The van der Waals surface area contributed by atoms with Gasteiger partial charge in [0.15, 0.2) is 0 Å². The molecule has 3 aromatic carbocycles. The second-order valence-electron chi connectivity index (χ2n) is 9.51. The van der Waals surface area contributed by atoms with Gasteiger partial charge < -0.3 is 0 Å². The third-order valence-corrected chi connectivity index (χ3v) is 7.15. The van der Waals surface area contributed by atoms with E-state index in [-0.39, 0.29) is 5.82 Å². The van der Waals surface area contributed by atoms with Crippen molar-refractivity contribution in [1.29, 1.82) is 0 Å². The second-order valence-corrected chi connectivity index (χ2v) is 9.51. The molecule has 0 nitrogen and oxygen atoms in total. The molecule has 33 heavy (non-hydrogen) atoms. The normalized spacial score (nSPS) is 18.0. The van der Waals surface area contributed by atoms with Gasteiger partial charge in [0.25, 0.3) is 0 Å². The fourth-order valence-electron chi connectivity index (χ4n) is 5.02. The van der Waals surface area contributed by atoms with Crippen LogP contribution in [0.3, 0.4) is 0 Å². The Balaban J connectivity index is 1.45. The molecular weight excluding hydrogens is 403 g/mol. The molecule has 0 spiro atoms. The summed E-state index contributed by atoms with van der Waals surface area (Å²) in [6.45, 7) is 6.16. The minimum Gasteiger partial charge on any atom is -0.206 e. The summed E-state index contributed by atoms with van der Waals surface area (Å²) in [5.74, 6) is 7.38. The van der Waals surface area contributed by atoms with E-state index in [2.05, 4.69) is 61.8 Å². The summed E-state index contributed by atoms with van der Waals surface area (Å²) in [6.07, 6.45) is 12.6. The van der Waals surface area contributed by atoms with Crippen LogP contribution in [0.4, 0.5) is 4.39 Å². The Bertz CT molecular complexity index is 1130. The van der Waals surface area contributed by atoms with E-state index in [0.29, 0.717) is 17.2 Å². The standard InChI is InChI=1S/C32H35F/c1-3-5-6-7-8-25-9-11-26(12-10-25)13-14-27-17-21-31-29(23-27)20-22-30(32(31)33)28-18-15-24(4-2)16-19-28/h4,9-12,17,20-24,28H,2-3,5-8,15-16,18-19H2,1H3. The highest BCUT2D eigenvalue weighted by Crippen LogP contribution is 2.38. The van der Waals surface area contributed by atoms with E-state index >= 15 is 4.39 Å². The maximum atomic E-state index is 15.3. The van der Waals surface area contributed by atoms with Crippen molar-refractivity contribution in [2.45, 2.75) is 70.6 Å². The Morgan fingerprint density at radius 3 is 2.33 bits per heavy atom. The molecule has 0 heterocycles. The highest BCUT2D eigenvalue weighted by molar-refractivity contribution is 5.85. The third kappa shape index (κ3) is 5.94. The third-order valence-electron chi connectivity index (χ3n) is 7.15. The number of benzene rings is 3. The molecule has 3 aromatic rings. The van der Waals surface area contributed by atoms with Crippen LogP contribution in [0.5, 0.6) is 0 Å². The van der Waals surface area contributed by atoms with Gasteiger partial charge in [-0.25, -0.2) is 4.39 Å². The first-order valence-electron chi connectivity index (χ1n) is 12.6. The molecule has 0 unspecified atom stereocenters. The predicted octanol–water partition coefficient (Wildman–Crippen LogP) is 8.96. The van der Waals surface area contributed by atoms with Crippen molar-refractivity contribution in [3.63, 3.8) is 0 Å². The van der Waals surface area contributed by atoms with E-state index in [4.69, 9.17) is 0 Å². The largest absolute Gasteiger partial charge is 0.206 e. The minimum atomic E-state index is -0.0522. The maximum Gasteiger partial charge on any atom is 0.134 e. The lowest BCUT2D eigenvalue weighted by Gasteiger charge is -2.27. The van der Waals surface area contributed by atoms with Gasteiger partial charge in [-0.1, -0.05) is 74.4 Å². The maximum absolute atomic E-state index is 15.3. The van der Waals surface area contributed by atoms with E-state index in [0.717, 1.165) is 54.2 Å². The summed E-state index contributed by atoms with van der Waals surface area (Å²) in [6, 6.07) is 18.5. The first-order chi connectivity index (χ1) is 16.2. The van der Waals surface area contributed by atoms with Crippen LogP contribution in [0.1, 0.15) is 86.5 Å². The van der Waals surface area contributed by atoms with E-state index in [1.807, 2.05) is 24.3 Å². The number of rotatable bonds is 7. The van der Waals surface area contributed by atoms with Crippen molar-refractivity contribution in [2.24, 2.45) is 5.92 Å². The average molecular weight is 439 g/mol. The molecule has 0 radical (unpaired) electrons. The Morgan fingerprint density at radius 2 is 1.61 bits per heavy atom. The molecule has 1 heteroatoms. The Morgan fingerprint density at radius 1 is 0.879 bits per heavy atom. The van der Waals surface area contributed by atoms with Crippen molar-refractivity contribution >= 4 is 10.8 Å². The molecular formula is C32H35F. The van der Waals surface area contributed by atoms with E-state index in [1.54, 1.807) is 0 Å². The number of fused-ring (bicyclic) bond motifs is 1. The summed E-state index contributed by atoms with van der Waals surface area (Å²) in [4.78, 5) is 0. The molecule has 1 saturated carbocycles. The van der Waals surface area contributed by atoms with Gasteiger partial charge in [0.05, 0.1) is 0 Å². The fraction of sp³-hybridized carbons (Fsp3) is 0.375. The smallest absolute Gasteiger partial charge is 0.134 e. The molecule has 0 saturated heterocycles. The number of hydrogen-bond donors (Lipinski definition) is 0. The van der Waals surface area contributed by atoms with Crippen molar-refractivity contribution < 1.29 is 4.39 Å². The van der Waals surface area contributed by atoms with Crippen molar-refractivity contribution in [3.8, 4) is 11.8 Å². The van der Waals surface area contributed by atoms with Gasteiger partial charge in [-0.2, -0.15) is 0 Å². The van der Waals surface area contributed by atoms with E-state index in [1.165, 1.54) is 31.2 Å². The van der Waals surface area contributed by atoms with Gasteiger partial charge in [0.1, 0.15) is 5.82 Å². The zero-order valence-electron chi connectivity index (χ0n) is 19.9. The number of hydrogen-bond acceptors (Lipinski definition) is 0. The van der Waals surface area contributed by atoms with Crippen LogP contribution in [0, 0.1) is 23.6 Å². The summed E-state index contributed by atoms with van der Waals surface area (Å²) in [7, 11) is 0. The van der Waals surface area contributed by atoms with Crippen LogP contribution in [-0.4, -0.2) is 0 Å². The summed E-state index contributed by atoms with van der Waals surface area (Å²) in [5.41, 5.74) is 4.19. The lowest BCUT2D eigenvalue weighted by molar-refractivity contribution is 0.369. The van der Waals surface area contributed by atoms with Crippen LogP contribution in [0.25, 0.3) is 10.8 Å². The number of halogens is 1. The molecule has 0 amide bonds. The number of unbranched alkanes of at least 4 members (excludes halogenated alkanes) is 3. The first kappa shape index (κ1) is 23.3. The number of allylic oxidation sites excluding steroid dienone is 1. The lowest BCUT2D eigenvalue weighted by Crippen LogP contribution is -2.12. The molecule has 1 fully saturated rings. The molecule has 170 valence electrons. The van der Waals surface area contributed by atoms with E-state index in [9.17, 15) is 0 Å². The zero-order chi connectivity index (χ0) is 23.0. The van der Waals surface area contributed by atoms with Crippen LogP contribution in [0.2, 0.25) is 0 Å². The molecule has 0 N–H and O–H groups in total. The minimum absolute atomic E-state index is 0.0522. The van der Waals surface area contributed by atoms with Gasteiger partial charge in [0.2, 0.25) is 0 Å². The molecule has 0 bridgehead atoms. The van der Waals surface area contributed by atoms with Crippen LogP contribution in [-0.2, 0) is 6.42 Å². The van der Waals surface area contributed by atoms with Gasteiger partial charge in [-0.15, -0.1) is 6.58 Å². The summed E-state index contributed by atoms with van der Waals surface area (Å²) in [5, 5.41) is 1.63.